The summed E-state index contributed by atoms with van der Waals surface area (Å²) in [7, 11) is -2.85. The van der Waals surface area contributed by atoms with Crippen LogP contribution in [0.15, 0.2) is 91.0 Å². The molecule has 3 aromatic carbocycles. The molecule has 0 aliphatic heterocycles. The molecule has 218 valence electrons. The molecule has 0 N–H and O–H groups in total. The topological polar surface area (TPSA) is 27.7 Å². The Morgan fingerprint density at radius 3 is 1.10 bits per heavy atom. The number of hydrogen-bond acceptors (Lipinski definition) is 3. The molecular weight excluding hydrogens is 508 g/mol. The molecule has 0 aromatic heterocycles. The van der Waals surface area contributed by atoms with Gasteiger partial charge in [0.1, 0.15) is 0 Å². The predicted octanol–water partition coefficient (Wildman–Crippen LogP) is 9.62. The van der Waals surface area contributed by atoms with E-state index in [2.05, 4.69) is 97.9 Å². The molecular formula is C36H52O3Si. The first-order chi connectivity index (χ1) is 19.8. The molecule has 0 aliphatic rings. The monoisotopic (exact) mass is 560 g/mol. The first-order valence-corrected chi connectivity index (χ1v) is 17.8. The quantitative estimate of drug-likeness (QED) is 0.0853. The molecule has 0 saturated carbocycles. The van der Waals surface area contributed by atoms with Gasteiger partial charge in [-0.05, 0) is 42.4 Å². The van der Waals surface area contributed by atoms with Crippen molar-refractivity contribution in [1.82, 2.24) is 0 Å². The van der Waals surface area contributed by atoms with Crippen LogP contribution in [0.5, 0.6) is 0 Å². The summed E-state index contributed by atoms with van der Waals surface area (Å²) in [5.74, 6) is 0. The Bertz CT molecular complexity index is 870. The van der Waals surface area contributed by atoms with E-state index in [1.807, 2.05) is 0 Å². The predicted molar refractivity (Wildman–Crippen MR) is 171 cm³/mol. The van der Waals surface area contributed by atoms with E-state index in [9.17, 15) is 0 Å². The lowest BCUT2D eigenvalue weighted by molar-refractivity contribution is 0.0608. The smallest absolute Gasteiger partial charge is 0.373 e. The third-order valence-electron chi connectivity index (χ3n) is 7.50. The van der Waals surface area contributed by atoms with Gasteiger partial charge >= 0.3 is 8.80 Å². The highest BCUT2D eigenvalue weighted by Crippen LogP contribution is 2.23. The van der Waals surface area contributed by atoms with Crippen LogP contribution in [0.4, 0.5) is 0 Å². The van der Waals surface area contributed by atoms with Crippen molar-refractivity contribution in [3.05, 3.63) is 108 Å². The first kappa shape index (κ1) is 32.3. The lowest BCUT2D eigenvalue weighted by atomic mass is 10.1. The summed E-state index contributed by atoms with van der Waals surface area (Å²) in [6.07, 6.45) is 15.8. The average molecular weight is 561 g/mol. The summed E-state index contributed by atoms with van der Waals surface area (Å²) < 4.78 is 20.1. The Balaban J connectivity index is 1.56. The molecule has 0 spiro atoms. The lowest BCUT2D eigenvalue weighted by Crippen LogP contribution is -2.47. The molecule has 3 rings (SSSR count). The van der Waals surface area contributed by atoms with Crippen LogP contribution in [-0.2, 0) is 32.5 Å². The number of unbranched alkanes of at least 4 members (excludes halogenated alkanes) is 9. The maximum Gasteiger partial charge on any atom is 0.500 e. The van der Waals surface area contributed by atoms with E-state index in [0.717, 1.165) is 31.7 Å². The summed E-state index contributed by atoms with van der Waals surface area (Å²) in [4.78, 5) is 0. The molecule has 0 aliphatic carbocycles. The van der Waals surface area contributed by atoms with Crippen molar-refractivity contribution in [2.24, 2.45) is 0 Å². The number of rotatable bonds is 23. The van der Waals surface area contributed by atoms with Crippen LogP contribution in [0.2, 0.25) is 6.04 Å². The van der Waals surface area contributed by atoms with Crippen LogP contribution in [-0.4, -0.2) is 28.6 Å². The molecule has 0 fully saturated rings. The largest absolute Gasteiger partial charge is 0.500 e. The maximum atomic E-state index is 6.69. The number of benzene rings is 3. The first-order valence-electron chi connectivity index (χ1n) is 15.8. The van der Waals surface area contributed by atoms with Crippen LogP contribution in [0.1, 0.15) is 87.8 Å². The zero-order valence-electron chi connectivity index (χ0n) is 24.9. The van der Waals surface area contributed by atoms with Crippen molar-refractivity contribution in [3.8, 4) is 0 Å². The lowest BCUT2D eigenvalue weighted by Gasteiger charge is -2.30. The van der Waals surface area contributed by atoms with E-state index >= 15 is 0 Å². The fourth-order valence-corrected chi connectivity index (χ4v) is 7.68. The SMILES string of the molecule is CCCCCCCCCCCC[Si](OCCc1ccccc1)(OCCc1ccccc1)OCCc1ccccc1. The molecule has 0 heterocycles. The summed E-state index contributed by atoms with van der Waals surface area (Å²) in [6, 6.07) is 32.7. The summed E-state index contributed by atoms with van der Waals surface area (Å²) in [5.41, 5.74) is 3.87. The Morgan fingerprint density at radius 1 is 0.425 bits per heavy atom. The van der Waals surface area contributed by atoms with Gasteiger partial charge in [0.2, 0.25) is 0 Å². The Labute approximate surface area is 245 Å². The van der Waals surface area contributed by atoms with E-state index in [-0.39, 0.29) is 0 Å². The molecule has 3 aromatic rings. The molecule has 0 saturated heterocycles. The van der Waals surface area contributed by atoms with Crippen LogP contribution in [0, 0.1) is 0 Å². The zero-order chi connectivity index (χ0) is 28.0. The average Bonchev–Trinajstić information content (AvgIpc) is 3.00. The van der Waals surface area contributed by atoms with Gasteiger partial charge in [-0.1, -0.05) is 156 Å². The summed E-state index contributed by atoms with van der Waals surface area (Å²) in [6.45, 7) is 4.17. The second-order valence-corrected chi connectivity index (χ2v) is 13.6. The van der Waals surface area contributed by atoms with Gasteiger partial charge in [0.15, 0.2) is 0 Å². The fraction of sp³-hybridized carbons (Fsp3) is 0.500. The third-order valence-corrected chi connectivity index (χ3v) is 10.4. The highest BCUT2D eigenvalue weighted by molar-refractivity contribution is 6.60. The molecule has 4 heteroatoms. The van der Waals surface area contributed by atoms with Gasteiger partial charge in [0.25, 0.3) is 0 Å². The highest BCUT2D eigenvalue weighted by atomic mass is 28.4. The molecule has 0 atom stereocenters. The minimum Gasteiger partial charge on any atom is -0.373 e. The van der Waals surface area contributed by atoms with Crippen LogP contribution in [0.25, 0.3) is 0 Å². The third kappa shape index (κ3) is 13.9. The molecule has 0 bridgehead atoms. The van der Waals surface area contributed by atoms with Gasteiger partial charge < -0.3 is 13.3 Å². The number of hydrogen-bond donors (Lipinski definition) is 0. The minimum absolute atomic E-state index is 0.630. The van der Waals surface area contributed by atoms with Crippen LogP contribution >= 0.6 is 0 Å². The van der Waals surface area contributed by atoms with Gasteiger partial charge in [-0.15, -0.1) is 0 Å². The Hall–Kier alpha value is -2.24. The van der Waals surface area contributed by atoms with Crippen molar-refractivity contribution in [1.29, 1.82) is 0 Å². The summed E-state index contributed by atoms with van der Waals surface area (Å²) in [5, 5.41) is 0. The zero-order valence-corrected chi connectivity index (χ0v) is 25.9. The Kier molecular flexibility index (Phi) is 16.6. The second-order valence-electron chi connectivity index (χ2n) is 10.9. The molecule has 0 amide bonds. The van der Waals surface area contributed by atoms with Gasteiger partial charge in [-0.2, -0.15) is 0 Å². The molecule has 0 unspecified atom stereocenters. The highest BCUT2D eigenvalue weighted by Gasteiger charge is 2.40. The van der Waals surface area contributed by atoms with E-state index in [1.54, 1.807) is 0 Å². The van der Waals surface area contributed by atoms with E-state index in [0.29, 0.717) is 19.8 Å². The van der Waals surface area contributed by atoms with E-state index < -0.39 is 8.80 Å². The van der Waals surface area contributed by atoms with Gasteiger partial charge in [-0.25, -0.2) is 0 Å². The Morgan fingerprint density at radius 2 is 0.750 bits per heavy atom. The van der Waals surface area contributed by atoms with Crippen molar-refractivity contribution < 1.29 is 13.3 Å². The molecule has 3 nitrogen and oxygen atoms in total. The van der Waals surface area contributed by atoms with Crippen molar-refractivity contribution in [3.63, 3.8) is 0 Å². The van der Waals surface area contributed by atoms with E-state index in [4.69, 9.17) is 13.3 Å². The van der Waals surface area contributed by atoms with Gasteiger partial charge in [0, 0.05) is 25.9 Å². The standard InChI is InChI=1S/C36H52O3Si/c1-2-3-4-5-6-7-8-9-10-20-33-40(37-30-27-34-21-14-11-15-22-34,38-31-28-35-23-16-12-17-24-35)39-32-29-36-25-18-13-19-26-36/h11-19,21-26H,2-10,20,27-33H2,1H3. The maximum absolute atomic E-state index is 6.69. The van der Waals surface area contributed by atoms with Gasteiger partial charge in [0.05, 0.1) is 0 Å². The molecule has 40 heavy (non-hydrogen) atoms. The van der Waals surface area contributed by atoms with Crippen molar-refractivity contribution in [2.45, 2.75) is 96.4 Å². The van der Waals surface area contributed by atoms with Crippen molar-refractivity contribution >= 4 is 8.80 Å². The second kappa shape index (κ2) is 20.6. The van der Waals surface area contributed by atoms with Crippen LogP contribution in [0.3, 0.4) is 0 Å². The van der Waals surface area contributed by atoms with Gasteiger partial charge in [-0.3, -0.25) is 0 Å². The van der Waals surface area contributed by atoms with Crippen molar-refractivity contribution in [2.75, 3.05) is 19.8 Å². The van der Waals surface area contributed by atoms with Crippen LogP contribution < -0.4 is 0 Å². The normalized spacial score (nSPS) is 11.6. The minimum atomic E-state index is -2.85. The van der Waals surface area contributed by atoms with E-state index in [1.165, 1.54) is 74.5 Å². The fourth-order valence-electron chi connectivity index (χ4n) is 5.08. The molecule has 0 radical (unpaired) electrons. The summed E-state index contributed by atoms with van der Waals surface area (Å²) >= 11 is 0.